The maximum atomic E-state index is 11.0. The van der Waals surface area contributed by atoms with Gasteiger partial charge in [-0.15, -0.1) is 0 Å². The van der Waals surface area contributed by atoms with Crippen molar-refractivity contribution in [2.24, 2.45) is 5.92 Å². The molecule has 3 atom stereocenters. The van der Waals surface area contributed by atoms with Crippen molar-refractivity contribution in [2.75, 3.05) is 0 Å². The third-order valence-corrected chi connectivity index (χ3v) is 3.49. The molecule has 1 aliphatic carbocycles. The standard InChI is InChI=1S/C10H14N2O2/c11-5-4-8-6-7-2-1-3-9(7)12(8)10(13)14/h7-9H,1-4,6H2,(H,13,14)/t7-,8+,9-/m0/s1. The van der Waals surface area contributed by atoms with Gasteiger partial charge in [0.25, 0.3) is 0 Å². The maximum absolute atomic E-state index is 11.0. The first-order valence-electron chi connectivity index (χ1n) is 5.12. The molecular formula is C10H14N2O2. The average Bonchev–Trinajstić information content (AvgIpc) is 2.62. The zero-order chi connectivity index (χ0) is 10.1. The second kappa shape index (κ2) is 3.49. The quantitative estimate of drug-likeness (QED) is 0.692. The second-order valence-electron chi connectivity index (χ2n) is 4.20. The lowest BCUT2D eigenvalue weighted by Gasteiger charge is -2.25. The Bertz CT molecular complexity index is 284. The number of likely N-dealkylation sites (tertiary alicyclic amines) is 1. The summed E-state index contributed by atoms with van der Waals surface area (Å²) in [5, 5.41) is 17.7. The van der Waals surface area contributed by atoms with Crippen molar-refractivity contribution in [3.8, 4) is 6.07 Å². The van der Waals surface area contributed by atoms with Gasteiger partial charge >= 0.3 is 6.09 Å². The van der Waals surface area contributed by atoms with Gasteiger partial charge in [-0.2, -0.15) is 5.26 Å². The van der Waals surface area contributed by atoms with Gasteiger partial charge in [0.05, 0.1) is 12.5 Å². The summed E-state index contributed by atoms with van der Waals surface area (Å²) in [5.74, 6) is 0.518. The van der Waals surface area contributed by atoms with Crippen molar-refractivity contribution in [3.63, 3.8) is 0 Å². The molecule has 0 unspecified atom stereocenters. The summed E-state index contributed by atoms with van der Waals surface area (Å²) < 4.78 is 0. The Labute approximate surface area is 83.1 Å². The van der Waals surface area contributed by atoms with Crippen LogP contribution in [-0.4, -0.2) is 28.2 Å². The number of carbonyl (C=O) groups is 1. The molecule has 4 nitrogen and oxygen atoms in total. The molecule has 2 fully saturated rings. The minimum Gasteiger partial charge on any atom is -0.465 e. The Morgan fingerprint density at radius 3 is 3.00 bits per heavy atom. The molecule has 4 heteroatoms. The second-order valence-corrected chi connectivity index (χ2v) is 4.20. The summed E-state index contributed by atoms with van der Waals surface area (Å²) in [4.78, 5) is 12.6. The topological polar surface area (TPSA) is 64.3 Å². The van der Waals surface area contributed by atoms with Crippen LogP contribution in [0.2, 0.25) is 0 Å². The number of rotatable bonds is 1. The summed E-state index contributed by atoms with van der Waals surface area (Å²) in [7, 11) is 0. The van der Waals surface area contributed by atoms with E-state index in [1.807, 2.05) is 0 Å². The van der Waals surface area contributed by atoms with E-state index in [0.29, 0.717) is 12.3 Å². The third kappa shape index (κ3) is 1.33. The van der Waals surface area contributed by atoms with Crippen molar-refractivity contribution in [3.05, 3.63) is 0 Å². The van der Waals surface area contributed by atoms with Crippen LogP contribution in [0.25, 0.3) is 0 Å². The van der Waals surface area contributed by atoms with Gasteiger partial charge in [-0.05, 0) is 25.2 Å². The molecule has 2 aliphatic rings. The van der Waals surface area contributed by atoms with E-state index in [9.17, 15) is 4.79 Å². The van der Waals surface area contributed by atoms with Crippen LogP contribution in [0, 0.1) is 17.2 Å². The molecule has 0 aromatic heterocycles. The molecule has 1 aliphatic heterocycles. The highest BCUT2D eigenvalue weighted by molar-refractivity contribution is 5.66. The van der Waals surface area contributed by atoms with Gasteiger partial charge < -0.3 is 10.0 Å². The zero-order valence-electron chi connectivity index (χ0n) is 8.02. The van der Waals surface area contributed by atoms with Crippen LogP contribution in [0.1, 0.15) is 32.1 Å². The van der Waals surface area contributed by atoms with E-state index in [1.54, 1.807) is 0 Å². The molecule has 0 aromatic rings. The van der Waals surface area contributed by atoms with E-state index in [2.05, 4.69) is 6.07 Å². The van der Waals surface area contributed by atoms with Gasteiger partial charge in [-0.3, -0.25) is 0 Å². The molecule has 0 aromatic carbocycles. The molecule has 14 heavy (non-hydrogen) atoms. The van der Waals surface area contributed by atoms with Crippen LogP contribution in [0.5, 0.6) is 0 Å². The zero-order valence-corrected chi connectivity index (χ0v) is 8.02. The van der Waals surface area contributed by atoms with E-state index in [-0.39, 0.29) is 12.1 Å². The summed E-state index contributed by atoms with van der Waals surface area (Å²) in [6, 6.07) is 2.23. The monoisotopic (exact) mass is 194 g/mol. The van der Waals surface area contributed by atoms with Crippen molar-refractivity contribution in [2.45, 2.75) is 44.2 Å². The molecule has 1 amide bonds. The fraction of sp³-hybridized carbons (Fsp3) is 0.800. The number of nitrogens with zero attached hydrogens (tertiary/aromatic N) is 2. The minimum absolute atomic E-state index is 0.0483. The van der Waals surface area contributed by atoms with Crippen molar-refractivity contribution < 1.29 is 9.90 Å². The number of hydrogen-bond acceptors (Lipinski definition) is 2. The van der Waals surface area contributed by atoms with Crippen molar-refractivity contribution in [1.29, 1.82) is 5.26 Å². The molecule has 76 valence electrons. The summed E-state index contributed by atoms with van der Waals surface area (Å²) in [6.45, 7) is 0. The van der Waals surface area contributed by atoms with Crippen LogP contribution in [0.4, 0.5) is 4.79 Å². The van der Waals surface area contributed by atoms with Gasteiger partial charge in [-0.25, -0.2) is 4.79 Å². The molecule has 0 radical (unpaired) electrons. The van der Waals surface area contributed by atoms with Crippen LogP contribution in [0.3, 0.4) is 0 Å². The molecule has 1 heterocycles. The Balaban J connectivity index is 2.14. The normalized spacial score (nSPS) is 35.4. The highest BCUT2D eigenvalue weighted by Crippen LogP contribution is 2.41. The summed E-state index contributed by atoms with van der Waals surface area (Å²) in [6.07, 6.45) is 3.65. The Hall–Kier alpha value is -1.24. The van der Waals surface area contributed by atoms with Crippen LogP contribution in [0.15, 0.2) is 0 Å². The number of carboxylic acid groups (broad SMARTS) is 1. The van der Waals surface area contributed by atoms with E-state index in [1.165, 1.54) is 4.90 Å². The van der Waals surface area contributed by atoms with Crippen molar-refractivity contribution >= 4 is 6.09 Å². The Morgan fingerprint density at radius 2 is 2.36 bits per heavy atom. The van der Waals surface area contributed by atoms with Gasteiger partial charge in [-0.1, -0.05) is 6.42 Å². The van der Waals surface area contributed by atoms with Crippen LogP contribution >= 0.6 is 0 Å². The summed E-state index contributed by atoms with van der Waals surface area (Å²) >= 11 is 0. The molecule has 0 bridgehead atoms. The van der Waals surface area contributed by atoms with Crippen molar-refractivity contribution in [1.82, 2.24) is 4.90 Å². The molecular weight excluding hydrogens is 180 g/mol. The van der Waals surface area contributed by atoms with E-state index in [4.69, 9.17) is 10.4 Å². The van der Waals surface area contributed by atoms with Gasteiger partial charge in [0.1, 0.15) is 0 Å². The first-order valence-corrected chi connectivity index (χ1v) is 5.12. The van der Waals surface area contributed by atoms with E-state index in [0.717, 1.165) is 25.7 Å². The SMILES string of the molecule is N#CC[C@@H]1C[C@@H]2CCC[C@@H]2N1C(=O)O. The van der Waals surface area contributed by atoms with Gasteiger partial charge in [0.15, 0.2) is 0 Å². The maximum Gasteiger partial charge on any atom is 0.407 e. The molecule has 0 spiro atoms. The molecule has 2 rings (SSSR count). The first-order chi connectivity index (χ1) is 6.74. The fourth-order valence-electron chi connectivity index (χ4n) is 2.98. The lowest BCUT2D eigenvalue weighted by atomic mass is 10.0. The molecule has 1 saturated heterocycles. The number of hydrogen-bond donors (Lipinski definition) is 1. The van der Waals surface area contributed by atoms with Crippen LogP contribution in [-0.2, 0) is 0 Å². The lowest BCUT2D eigenvalue weighted by molar-refractivity contribution is 0.121. The predicted molar refractivity (Wildman–Crippen MR) is 49.6 cm³/mol. The third-order valence-electron chi connectivity index (χ3n) is 3.49. The lowest BCUT2D eigenvalue weighted by Crippen LogP contribution is -2.40. The molecule has 1 N–H and O–H groups in total. The largest absolute Gasteiger partial charge is 0.465 e. The number of amides is 1. The minimum atomic E-state index is -0.848. The highest BCUT2D eigenvalue weighted by atomic mass is 16.4. The van der Waals surface area contributed by atoms with E-state index < -0.39 is 6.09 Å². The average molecular weight is 194 g/mol. The Kier molecular flexibility index (Phi) is 2.32. The highest BCUT2D eigenvalue weighted by Gasteiger charge is 2.45. The van der Waals surface area contributed by atoms with Gasteiger partial charge in [0.2, 0.25) is 0 Å². The molecule has 1 saturated carbocycles. The smallest absolute Gasteiger partial charge is 0.407 e. The number of fused-ring (bicyclic) bond motifs is 1. The van der Waals surface area contributed by atoms with E-state index >= 15 is 0 Å². The summed E-state index contributed by atoms with van der Waals surface area (Å²) in [5.41, 5.74) is 0. The first kappa shape index (κ1) is 9.32. The predicted octanol–water partition coefficient (Wildman–Crippen LogP) is 1.82. The number of nitriles is 1. The Morgan fingerprint density at radius 1 is 1.57 bits per heavy atom. The van der Waals surface area contributed by atoms with Gasteiger partial charge in [0, 0.05) is 12.1 Å². The fourth-order valence-corrected chi connectivity index (χ4v) is 2.98. The van der Waals surface area contributed by atoms with Crippen LogP contribution < -0.4 is 0 Å².